The average molecular weight is 246 g/mol. The van der Waals surface area contributed by atoms with Gasteiger partial charge in [0.25, 0.3) is 0 Å². The van der Waals surface area contributed by atoms with E-state index in [-0.39, 0.29) is 0 Å². The fourth-order valence-electron chi connectivity index (χ4n) is 1.25. The van der Waals surface area contributed by atoms with Gasteiger partial charge in [-0.15, -0.1) is 0 Å². The van der Waals surface area contributed by atoms with E-state index in [1.807, 2.05) is 0 Å². The molecule has 0 aliphatic rings. The number of H-pyrrole nitrogens is 1. The molecule has 13 heavy (non-hydrogen) atoms. The van der Waals surface area contributed by atoms with Crippen molar-refractivity contribution in [3.05, 3.63) is 15.9 Å². The summed E-state index contributed by atoms with van der Waals surface area (Å²) in [7, 11) is 0. The third-order valence-electron chi connectivity index (χ3n) is 1.84. The summed E-state index contributed by atoms with van der Waals surface area (Å²) in [5.41, 5.74) is 7.68. The summed E-state index contributed by atoms with van der Waals surface area (Å²) >= 11 is 3.53. The number of rotatable bonds is 4. The molecule has 0 atom stereocenters. The van der Waals surface area contributed by atoms with Crippen LogP contribution in [-0.2, 0) is 12.8 Å². The van der Waals surface area contributed by atoms with Crippen molar-refractivity contribution in [3.8, 4) is 0 Å². The highest BCUT2D eigenvalue weighted by Gasteiger charge is 2.10. The molecule has 1 aromatic heterocycles. The lowest BCUT2D eigenvalue weighted by Gasteiger charge is -2.01. The van der Waals surface area contributed by atoms with Crippen molar-refractivity contribution < 1.29 is 0 Å². The van der Waals surface area contributed by atoms with Crippen molar-refractivity contribution in [2.24, 2.45) is 11.7 Å². The first-order chi connectivity index (χ1) is 6.15. The summed E-state index contributed by atoms with van der Waals surface area (Å²) < 4.78 is 1.10. The number of nitrogens with one attached hydrogen (secondary N) is 1. The second-order valence-corrected chi connectivity index (χ2v) is 4.39. The highest BCUT2D eigenvalue weighted by atomic mass is 79.9. The van der Waals surface area contributed by atoms with Crippen molar-refractivity contribution in [3.63, 3.8) is 0 Å². The monoisotopic (exact) mass is 245 g/mol. The Morgan fingerprint density at radius 1 is 1.54 bits per heavy atom. The normalized spacial score (nSPS) is 11.2. The van der Waals surface area contributed by atoms with Crippen LogP contribution in [0.25, 0.3) is 0 Å². The lowest BCUT2D eigenvalue weighted by atomic mass is 10.1. The van der Waals surface area contributed by atoms with Crippen LogP contribution in [0.15, 0.2) is 4.47 Å². The van der Waals surface area contributed by atoms with Gasteiger partial charge in [-0.3, -0.25) is 5.10 Å². The van der Waals surface area contributed by atoms with E-state index < -0.39 is 0 Å². The van der Waals surface area contributed by atoms with Gasteiger partial charge in [0, 0.05) is 12.1 Å². The maximum atomic E-state index is 5.47. The minimum Gasteiger partial charge on any atom is -0.330 e. The van der Waals surface area contributed by atoms with Crippen LogP contribution < -0.4 is 5.73 Å². The smallest absolute Gasteiger partial charge is 0.0779 e. The second kappa shape index (κ2) is 4.77. The average Bonchev–Trinajstić information content (AvgIpc) is 2.36. The Morgan fingerprint density at radius 2 is 2.23 bits per heavy atom. The van der Waals surface area contributed by atoms with Gasteiger partial charge in [0.05, 0.1) is 10.2 Å². The molecule has 0 saturated heterocycles. The molecule has 0 bridgehead atoms. The van der Waals surface area contributed by atoms with Crippen molar-refractivity contribution in [1.82, 2.24) is 10.2 Å². The van der Waals surface area contributed by atoms with Gasteiger partial charge in [-0.2, -0.15) is 5.10 Å². The molecule has 0 saturated carbocycles. The number of nitrogens with zero attached hydrogens (tertiary/aromatic N) is 1. The summed E-state index contributed by atoms with van der Waals surface area (Å²) in [5, 5.41) is 7.24. The van der Waals surface area contributed by atoms with Crippen LogP contribution in [0, 0.1) is 5.92 Å². The van der Waals surface area contributed by atoms with Crippen molar-refractivity contribution in [2.45, 2.75) is 26.7 Å². The molecule has 74 valence electrons. The third-order valence-corrected chi connectivity index (χ3v) is 2.77. The SMILES string of the molecule is CC(C)Cc1[nH]nc(CCN)c1Br. The minimum atomic E-state index is 0.641. The van der Waals surface area contributed by atoms with Gasteiger partial charge in [0.1, 0.15) is 0 Å². The van der Waals surface area contributed by atoms with Gasteiger partial charge in [-0.05, 0) is 34.8 Å². The zero-order valence-corrected chi connectivity index (χ0v) is 9.69. The minimum absolute atomic E-state index is 0.641. The predicted molar refractivity (Wildman–Crippen MR) is 57.6 cm³/mol. The molecule has 0 radical (unpaired) electrons. The van der Waals surface area contributed by atoms with E-state index in [1.54, 1.807) is 0 Å². The van der Waals surface area contributed by atoms with Crippen molar-refractivity contribution >= 4 is 15.9 Å². The van der Waals surface area contributed by atoms with Gasteiger partial charge < -0.3 is 5.73 Å². The summed E-state index contributed by atoms with van der Waals surface area (Å²) in [5.74, 6) is 0.641. The van der Waals surface area contributed by atoms with Crippen molar-refractivity contribution in [1.29, 1.82) is 0 Å². The molecule has 0 amide bonds. The first-order valence-corrected chi connectivity index (χ1v) is 5.36. The van der Waals surface area contributed by atoms with Crippen LogP contribution in [0.1, 0.15) is 25.2 Å². The molecule has 0 spiro atoms. The van der Waals surface area contributed by atoms with E-state index >= 15 is 0 Å². The summed E-state index contributed by atoms with van der Waals surface area (Å²) in [6, 6.07) is 0. The van der Waals surface area contributed by atoms with Crippen molar-refractivity contribution in [2.75, 3.05) is 6.54 Å². The predicted octanol–water partition coefficient (Wildman–Crippen LogP) is 1.87. The quantitative estimate of drug-likeness (QED) is 0.852. The number of hydrogen-bond acceptors (Lipinski definition) is 2. The first-order valence-electron chi connectivity index (χ1n) is 4.56. The molecule has 0 aromatic carbocycles. The van der Waals surface area contributed by atoms with E-state index in [9.17, 15) is 0 Å². The molecule has 1 aromatic rings. The Balaban J connectivity index is 2.74. The number of aromatic nitrogens is 2. The molecular formula is C9H16BrN3. The van der Waals surface area contributed by atoms with Crippen LogP contribution in [0.4, 0.5) is 0 Å². The van der Waals surface area contributed by atoms with Gasteiger partial charge in [-0.25, -0.2) is 0 Å². The van der Waals surface area contributed by atoms with E-state index in [0.717, 1.165) is 23.0 Å². The van der Waals surface area contributed by atoms with Crippen LogP contribution in [0.3, 0.4) is 0 Å². The van der Waals surface area contributed by atoms with Crippen LogP contribution in [0.2, 0.25) is 0 Å². The van der Waals surface area contributed by atoms with Crippen LogP contribution in [-0.4, -0.2) is 16.7 Å². The lowest BCUT2D eigenvalue weighted by molar-refractivity contribution is 0.632. The second-order valence-electron chi connectivity index (χ2n) is 3.60. The third kappa shape index (κ3) is 2.81. The Kier molecular flexibility index (Phi) is 3.93. The Hall–Kier alpha value is -0.350. The Labute approximate surface area is 87.2 Å². The Bertz CT molecular complexity index is 268. The topological polar surface area (TPSA) is 54.7 Å². The lowest BCUT2D eigenvalue weighted by Crippen LogP contribution is -2.03. The molecule has 1 heterocycles. The maximum absolute atomic E-state index is 5.47. The number of aromatic amines is 1. The van der Waals surface area contributed by atoms with Gasteiger partial charge >= 0.3 is 0 Å². The van der Waals surface area contributed by atoms with E-state index in [0.29, 0.717) is 12.5 Å². The molecule has 3 nitrogen and oxygen atoms in total. The number of nitrogens with two attached hydrogens (primary N) is 1. The van der Waals surface area contributed by atoms with E-state index in [1.165, 1.54) is 5.69 Å². The van der Waals surface area contributed by atoms with Crippen LogP contribution >= 0.6 is 15.9 Å². The molecule has 3 N–H and O–H groups in total. The fraction of sp³-hybridized carbons (Fsp3) is 0.667. The Morgan fingerprint density at radius 3 is 2.77 bits per heavy atom. The zero-order valence-electron chi connectivity index (χ0n) is 8.10. The number of halogens is 1. The fourth-order valence-corrected chi connectivity index (χ4v) is 1.79. The standard InChI is InChI=1S/C9H16BrN3/c1-6(2)5-8-9(10)7(3-4-11)12-13-8/h6H,3-5,11H2,1-2H3,(H,12,13). The number of hydrogen-bond donors (Lipinski definition) is 2. The zero-order chi connectivity index (χ0) is 9.84. The molecule has 0 fully saturated rings. The molecule has 4 heteroatoms. The first kappa shape index (κ1) is 10.7. The van der Waals surface area contributed by atoms with Crippen LogP contribution in [0.5, 0.6) is 0 Å². The van der Waals surface area contributed by atoms with E-state index in [2.05, 4.69) is 40.0 Å². The summed E-state index contributed by atoms with van der Waals surface area (Å²) in [6.45, 7) is 5.02. The molecule has 0 aliphatic heterocycles. The maximum Gasteiger partial charge on any atom is 0.0779 e. The van der Waals surface area contributed by atoms with Gasteiger partial charge in [-0.1, -0.05) is 13.8 Å². The summed E-state index contributed by atoms with van der Waals surface area (Å²) in [6.07, 6.45) is 1.85. The van der Waals surface area contributed by atoms with E-state index in [4.69, 9.17) is 5.73 Å². The summed E-state index contributed by atoms with van der Waals surface area (Å²) in [4.78, 5) is 0. The molecule has 0 unspecified atom stereocenters. The van der Waals surface area contributed by atoms with Gasteiger partial charge in [0.15, 0.2) is 0 Å². The highest BCUT2D eigenvalue weighted by Crippen LogP contribution is 2.21. The molecule has 1 rings (SSSR count). The van der Waals surface area contributed by atoms with Gasteiger partial charge in [0.2, 0.25) is 0 Å². The molecule has 0 aliphatic carbocycles. The highest BCUT2D eigenvalue weighted by molar-refractivity contribution is 9.10. The molecular weight excluding hydrogens is 230 g/mol. The largest absolute Gasteiger partial charge is 0.330 e.